The number of rotatable bonds is 6. The standard InChI is InChI=1S/C14H24N4O2S/c1-3-7-15-13-12(4-2)14(17-10-16-13)18-11-6-5-8-21(19,20)9-11/h10-11H,3-9H2,1-2H3,(H2,15,16,17,18). The molecule has 1 unspecified atom stereocenters. The summed E-state index contributed by atoms with van der Waals surface area (Å²) in [6, 6.07) is -0.0528. The van der Waals surface area contributed by atoms with Crippen molar-refractivity contribution in [1.29, 1.82) is 0 Å². The van der Waals surface area contributed by atoms with Gasteiger partial charge in [-0.15, -0.1) is 0 Å². The Morgan fingerprint density at radius 2 is 2.05 bits per heavy atom. The molecule has 0 spiro atoms. The second kappa shape index (κ2) is 7.06. The van der Waals surface area contributed by atoms with Crippen LogP contribution in [0.4, 0.5) is 11.6 Å². The lowest BCUT2D eigenvalue weighted by Crippen LogP contribution is -2.35. The quantitative estimate of drug-likeness (QED) is 0.834. The fourth-order valence-electron chi connectivity index (χ4n) is 2.60. The molecular weight excluding hydrogens is 288 g/mol. The first-order valence-corrected chi connectivity index (χ1v) is 9.42. The zero-order valence-electron chi connectivity index (χ0n) is 12.7. The molecule has 1 aromatic rings. The predicted octanol–water partition coefficient (Wildman–Crippen LogP) is 1.85. The van der Waals surface area contributed by atoms with Crippen molar-refractivity contribution in [3.63, 3.8) is 0 Å². The van der Waals surface area contributed by atoms with Gasteiger partial charge in [0.15, 0.2) is 9.84 Å². The minimum Gasteiger partial charge on any atom is -0.370 e. The van der Waals surface area contributed by atoms with E-state index in [1.165, 1.54) is 6.33 Å². The van der Waals surface area contributed by atoms with E-state index >= 15 is 0 Å². The van der Waals surface area contributed by atoms with Crippen molar-refractivity contribution in [1.82, 2.24) is 9.97 Å². The molecule has 0 bridgehead atoms. The van der Waals surface area contributed by atoms with E-state index in [0.29, 0.717) is 12.2 Å². The Kier molecular flexibility index (Phi) is 5.39. The van der Waals surface area contributed by atoms with Gasteiger partial charge in [-0.1, -0.05) is 13.8 Å². The van der Waals surface area contributed by atoms with Gasteiger partial charge >= 0.3 is 0 Å². The van der Waals surface area contributed by atoms with Crippen LogP contribution in [-0.4, -0.2) is 42.5 Å². The molecule has 1 atom stereocenters. The second-order valence-corrected chi connectivity index (χ2v) is 7.66. The number of hydrogen-bond acceptors (Lipinski definition) is 6. The van der Waals surface area contributed by atoms with Gasteiger partial charge in [0.2, 0.25) is 0 Å². The van der Waals surface area contributed by atoms with Crippen molar-refractivity contribution in [2.45, 2.75) is 45.6 Å². The van der Waals surface area contributed by atoms with Gasteiger partial charge in [-0.05, 0) is 25.7 Å². The zero-order valence-corrected chi connectivity index (χ0v) is 13.5. The third-order valence-corrected chi connectivity index (χ3v) is 5.47. The number of nitrogens with one attached hydrogen (secondary N) is 2. The molecule has 2 N–H and O–H groups in total. The third-order valence-electron chi connectivity index (χ3n) is 3.65. The first-order chi connectivity index (χ1) is 10.1. The molecule has 1 saturated heterocycles. The molecule has 0 amide bonds. The predicted molar refractivity (Wildman–Crippen MR) is 85.5 cm³/mol. The van der Waals surface area contributed by atoms with E-state index in [0.717, 1.165) is 43.0 Å². The largest absolute Gasteiger partial charge is 0.370 e. The summed E-state index contributed by atoms with van der Waals surface area (Å²) >= 11 is 0. The molecular formula is C14H24N4O2S. The summed E-state index contributed by atoms with van der Waals surface area (Å²) in [6.07, 6.45) is 4.93. The van der Waals surface area contributed by atoms with Crippen LogP contribution in [0.2, 0.25) is 0 Å². The maximum Gasteiger partial charge on any atom is 0.152 e. The highest BCUT2D eigenvalue weighted by Gasteiger charge is 2.25. The van der Waals surface area contributed by atoms with Gasteiger partial charge in [-0.25, -0.2) is 18.4 Å². The van der Waals surface area contributed by atoms with Crippen molar-refractivity contribution in [2.75, 3.05) is 28.7 Å². The van der Waals surface area contributed by atoms with Gasteiger partial charge in [-0.3, -0.25) is 0 Å². The highest BCUT2D eigenvalue weighted by Crippen LogP contribution is 2.23. The van der Waals surface area contributed by atoms with Crippen LogP contribution in [0.1, 0.15) is 38.7 Å². The Morgan fingerprint density at radius 1 is 1.29 bits per heavy atom. The number of sulfone groups is 1. The van der Waals surface area contributed by atoms with Crippen molar-refractivity contribution in [3.8, 4) is 0 Å². The molecule has 2 heterocycles. The molecule has 2 rings (SSSR count). The summed E-state index contributed by atoms with van der Waals surface area (Å²) in [7, 11) is -2.92. The van der Waals surface area contributed by atoms with Crippen LogP contribution in [0.25, 0.3) is 0 Å². The van der Waals surface area contributed by atoms with Crippen molar-refractivity contribution in [2.24, 2.45) is 0 Å². The fraction of sp³-hybridized carbons (Fsp3) is 0.714. The summed E-state index contributed by atoms with van der Waals surface area (Å²) in [5, 5.41) is 6.60. The fourth-order valence-corrected chi connectivity index (χ4v) is 4.23. The number of nitrogens with zero attached hydrogens (tertiary/aromatic N) is 2. The number of hydrogen-bond donors (Lipinski definition) is 2. The van der Waals surface area contributed by atoms with Gasteiger partial charge in [0.25, 0.3) is 0 Å². The van der Waals surface area contributed by atoms with E-state index in [1.807, 2.05) is 0 Å². The van der Waals surface area contributed by atoms with E-state index in [1.54, 1.807) is 0 Å². The average Bonchev–Trinajstić information content (AvgIpc) is 2.44. The minimum absolute atomic E-state index is 0.0528. The Labute approximate surface area is 126 Å². The lowest BCUT2D eigenvalue weighted by molar-refractivity contribution is 0.561. The summed E-state index contributed by atoms with van der Waals surface area (Å²) in [5.41, 5.74) is 1.02. The molecule has 1 aliphatic heterocycles. The molecule has 0 aliphatic carbocycles. The minimum atomic E-state index is -2.92. The van der Waals surface area contributed by atoms with Crippen LogP contribution in [0.3, 0.4) is 0 Å². The Morgan fingerprint density at radius 3 is 2.71 bits per heavy atom. The van der Waals surface area contributed by atoms with E-state index in [9.17, 15) is 8.42 Å². The number of aromatic nitrogens is 2. The van der Waals surface area contributed by atoms with Crippen molar-refractivity contribution in [3.05, 3.63) is 11.9 Å². The lowest BCUT2D eigenvalue weighted by atomic mass is 10.1. The van der Waals surface area contributed by atoms with Crippen molar-refractivity contribution >= 4 is 21.5 Å². The molecule has 0 radical (unpaired) electrons. The van der Waals surface area contributed by atoms with Gasteiger partial charge < -0.3 is 10.6 Å². The topological polar surface area (TPSA) is 84.0 Å². The third kappa shape index (κ3) is 4.30. The van der Waals surface area contributed by atoms with E-state index in [2.05, 4.69) is 34.4 Å². The lowest BCUT2D eigenvalue weighted by Gasteiger charge is -2.25. The van der Waals surface area contributed by atoms with Crippen LogP contribution in [-0.2, 0) is 16.3 Å². The van der Waals surface area contributed by atoms with Gasteiger partial charge in [-0.2, -0.15) is 0 Å². The Hall–Kier alpha value is -1.37. The second-order valence-electron chi connectivity index (χ2n) is 5.43. The highest BCUT2D eigenvalue weighted by molar-refractivity contribution is 7.91. The van der Waals surface area contributed by atoms with E-state index < -0.39 is 9.84 Å². The van der Waals surface area contributed by atoms with Crippen LogP contribution >= 0.6 is 0 Å². The van der Waals surface area contributed by atoms with Crippen LogP contribution in [0, 0.1) is 0 Å². The van der Waals surface area contributed by atoms with E-state index in [4.69, 9.17) is 0 Å². The molecule has 1 fully saturated rings. The smallest absolute Gasteiger partial charge is 0.152 e. The van der Waals surface area contributed by atoms with Gasteiger partial charge in [0, 0.05) is 18.2 Å². The monoisotopic (exact) mass is 312 g/mol. The molecule has 0 aromatic carbocycles. The molecule has 21 heavy (non-hydrogen) atoms. The maximum absolute atomic E-state index is 11.7. The SMILES string of the molecule is CCCNc1ncnc(NC2CCCS(=O)(=O)C2)c1CC. The first-order valence-electron chi connectivity index (χ1n) is 7.60. The molecule has 118 valence electrons. The normalized spacial score (nSPS) is 21.0. The molecule has 1 aliphatic rings. The van der Waals surface area contributed by atoms with Gasteiger partial charge in [0.05, 0.1) is 11.5 Å². The molecule has 0 saturated carbocycles. The van der Waals surface area contributed by atoms with Crippen LogP contribution < -0.4 is 10.6 Å². The molecule has 1 aromatic heterocycles. The average molecular weight is 312 g/mol. The van der Waals surface area contributed by atoms with Crippen LogP contribution in [0.5, 0.6) is 0 Å². The summed E-state index contributed by atoms with van der Waals surface area (Å²) in [4.78, 5) is 8.59. The van der Waals surface area contributed by atoms with E-state index in [-0.39, 0.29) is 11.8 Å². The van der Waals surface area contributed by atoms with Gasteiger partial charge in [0.1, 0.15) is 18.0 Å². The summed E-state index contributed by atoms with van der Waals surface area (Å²) in [5.74, 6) is 2.10. The molecule has 6 nitrogen and oxygen atoms in total. The number of anilines is 2. The van der Waals surface area contributed by atoms with Crippen LogP contribution in [0.15, 0.2) is 6.33 Å². The summed E-state index contributed by atoms with van der Waals surface area (Å²) in [6.45, 7) is 5.02. The first kappa shape index (κ1) is 16.0. The maximum atomic E-state index is 11.7. The highest BCUT2D eigenvalue weighted by atomic mass is 32.2. The molecule has 7 heteroatoms. The Bertz CT molecular complexity index is 574. The zero-order chi connectivity index (χ0) is 15.3. The Balaban J connectivity index is 2.15. The van der Waals surface area contributed by atoms with Crippen molar-refractivity contribution < 1.29 is 8.42 Å². The summed E-state index contributed by atoms with van der Waals surface area (Å²) < 4.78 is 23.5.